The highest BCUT2D eigenvalue weighted by molar-refractivity contribution is 6.42. The van der Waals surface area contributed by atoms with Gasteiger partial charge in [-0.25, -0.2) is 0 Å². The minimum Gasteiger partial charge on any atom is -0.345 e. The van der Waals surface area contributed by atoms with Gasteiger partial charge in [-0.1, -0.05) is 45.0 Å². The standard InChI is InChI=1S/C16H23NO2/c1-15(2,3)12-9-7-11(8-10-12)13(18)14(19)17-16(4,5)6/h7-10H,1-6H3,(H,17,19). The molecule has 0 aliphatic heterocycles. The van der Waals surface area contributed by atoms with Crippen LogP contribution in [0.2, 0.25) is 0 Å². The van der Waals surface area contributed by atoms with Crippen molar-refractivity contribution in [2.45, 2.75) is 52.5 Å². The van der Waals surface area contributed by atoms with Crippen LogP contribution in [-0.4, -0.2) is 17.2 Å². The number of Topliss-reactive ketones (excluding diaryl/α,β-unsaturated/α-hetero) is 1. The second kappa shape index (κ2) is 5.16. The molecule has 0 unspecified atom stereocenters. The van der Waals surface area contributed by atoms with Crippen molar-refractivity contribution in [1.82, 2.24) is 5.32 Å². The average Bonchev–Trinajstić information content (AvgIpc) is 2.24. The normalized spacial score (nSPS) is 12.1. The van der Waals surface area contributed by atoms with Crippen LogP contribution in [0.4, 0.5) is 0 Å². The quantitative estimate of drug-likeness (QED) is 0.657. The number of carbonyl (C=O) groups is 2. The molecule has 0 aliphatic rings. The van der Waals surface area contributed by atoms with E-state index in [4.69, 9.17) is 0 Å². The summed E-state index contributed by atoms with van der Waals surface area (Å²) in [4.78, 5) is 23.8. The second-order valence-electron chi connectivity index (χ2n) is 6.86. The van der Waals surface area contributed by atoms with Crippen LogP contribution < -0.4 is 5.32 Å². The van der Waals surface area contributed by atoms with Crippen molar-refractivity contribution in [3.63, 3.8) is 0 Å². The van der Waals surface area contributed by atoms with Crippen molar-refractivity contribution in [2.24, 2.45) is 0 Å². The average molecular weight is 261 g/mol. The van der Waals surface area contributed by atoms with Gasteiger partial charge in [0, 0.05) is 11.1 Å². The first kappa shape index (κ1) is 15.4. The Morgan fingerprint density at radius 2 is 1.37 bits per heavy atom. The molecule has 0 aromatic heterocycles. The van der Waals surface area contributed by atoms with Gasteiger partial charge in [-0.05, 0) is 31.7 Å². The molecule has 0 spiro atoms. The second-order valence-corrected chi connectivity index (χ2v) is 6.86. The predicted octanol–water partition coefficient (Wildman–Crippen LogP) is 3.08. The summed E-state index contributed by atoms with van der Waals surface area (Å²) in [7, 11) is 0. The van der Waals surface area contributed by atoms with Crippen LogP contribution in [0.15, 0.2) is 24.3 Å². The molecule has 0 fully saturated rings. The van der Waals surface area contributed by atoms with Crippen LogP contribution in [0.1, 0.15) is 57.5 Å². The smallest absolute Gasteiger partial charge is 0.292 e. The molecule has 1 rings (SSSR count). The molecular weight excluding hydrogens is 238 g/mol. The molecule has 104 valence electrons. The number of hydrogen-bond acceptors (Lipinski definition) is 2. The lowest BCUT2D eigenvalue weighted by molar-refractivity contribution is -0.118. The largest absolute Gasteiger partial charge is 0.345 e. The monoisotopic (exact) mass is 261 g/mol. The molecule has 3 heteroatoms. The Kier molecular flexibility index (Phi) is 4.18. The fraction of sp³-hybridized carbons (Fsp3) is 0.500. The van der Waals surface area contributed by atoms with Crippen molar-refractivity contribution < 1.29 is 9.59 Å². The van der Waals surface area contributed by atoms with Crippen molar-refractivity contribution in [3.8, 4) is 0 Å². The van der Waals surface area contributed by atoms with Crippen LogP contribution in [0.25, 0.3) is 0 Å². The summed E-state index contributed by atoms with van der Waals surface area (Å²) >= 11 is 0. The third-order valence-electron chi connectivity index (χ3n) is 2.71. The topological polar surface area (TPSA) is 46.2 Å². The maximum atomic E-state index is 12.0. The van der Waals surface area contributed by atoms with E-state index >= 15 is 0 Å². The van der Waals surface area contributed by atoms with E-state index in [0.29, 0.717) is 5.56 Å². The predicted molar refractivity (Wildman–Crippen MR) is 77.4 cm³/mol. The lowest BCUT2D eigenvalue weighted by atomic mass is 9.86. The Labute approximate surface area is 115 Å². The zero-order chi connectivity index (χ0) is 14.8. The zero-order valence-electron chi connectivity index (χ0n) is 12.6. The van der Waals surface area contributed by atoms with Gasteiger partial charge in [-0.15, -0.1) is 0 Å². The summed E-state index contributed by atoms with van der Waals surface area (Å²) in [6.07, 6.45) is 0. The van der Waals surface area contributed by atoms with Crippen molar-refractivity contribution >= 4 is 11.7 Å². The van der Waals surface area contributed by atoms with E-state index in [1.807, 2.05) is 32.9 Å². The maximum Gasteiger partial charge on any atom is 0.292 e. The van der Waals surface area contributed by atoms with Gasteiger partial charge in [0.2, 0.25) is 5.78 Å². The highest BCUT2D eigenvalue weighted by Gasteiger charge is 2.22. The van der Waals surface area contributed by atoms with E-state index in [1.165, 1.54) is 0 Å². The van der Waals surface area contributed by atoms with E-state index in [0.717, 1.165) is 5.56 Å². The van der Waals surface area contributed by atoms with E-state index < -0.39 is 17.2 Å². The molecular formula is C16H23NO2. The molecule has 0 atom stereocenters. The molecule has 1 aromatic rings. The number of amides is 1. The molecule has 0 saturated heterocycles. The lowest BCUT2D eigenvalue weighted by Crippen LogP contribution is -2.44. The summed E-state index contributed by atoms with van der Waals surface area (Å²) in [5.41, 5.74) is 1.20. The highest BCUT2D eigenvalue weighted by atomic mass is 16.2. The number of hydrogen-bond donors (Lipinski definition) is 1. The van der Waals surface area contributed by atoms with Gasteiger partial charge in [0.25, 0.3) is 5.91 Å². The Morgan fingerprint density at radius 1 is 0.895 bits per heavy atom. The summed E-state index contributed by atoms with van der Waals surface area (Å²) in [5.74, 6) is -1.05. The number of carbonyl (C=O) groups excluding carboxylic acids is 2. The molecule has 19 heavy (non-hydrogen) atoms. The van der Waals surface area contributed by atoms with Gasteiger partial charge < -0.3 is 5.32 Å². The summed E-state index contributed by atoms with van der Waals surface area (Å²) < 4.78 is 0. The Balaban J connectivity index is 2.87. The Bertz CT molecular complexity index is 473. The fourth-order valence-corrected chi connectivity index (χ4v) is 1.65. The molecule has 3 nitrogen and oxygen atoms in total. The molecule has 1 amide bonds. The van der Waals surface area contributed by atoms with Crippen LogP contribution in [-0.2, 0) is 10.2 Å². The van der Waals surface area contributed by atoms with Crippen LogP contribution >= 0.6 is 0 Å². The fourth-order valence-electron chi connectivity index (χ4n) is 1.65. The van der Waals surface area contributed by atoms with E-state index in [1.54, 1.807) is 12.1 Å². The van der Waals surface area contributed by atoms with Gasteiger partial charge in [0.05, 0.1) is 0 Å². The first-order chi connectivity index (χ1) is 8.50. The van der Waals surface area contributed by atoms with Gasteiger partial charge in [0.1, 0.15) is 0 Å². The molecule has 0 radical (unpaired) electrons. The number of nitrogens with one attached hydrogen (secondary N) is 1. The molecule has 0 saturated carbocycles. The molecule has 0 aliphatic carbocycles. The SMILES string of the molecule is CC(C)(C)NC(=O)C(=O)c1ccc(C(C)(C)C)cc1. The first-order valence-electron chi connectivity index (χ1n) is 6.48. The zero-order valence-corrected chi connectivity index (χ0v) is 12.6. The summed E-state index contributed by atoms with van der Waals surface area (Å²) in [6.45, 7) is 11.9. The Morgan fingerprint density at radius 3 is 1.74 bits per heavy atom. The number of ketones is 1. The van der Waals surface area contributed by atoms with Gasteiger partial charge >= 0.3 is 0 Å². The van der Waals surface area contributed by atoms with Crippen LogP contribution in [0, 0.1) is 0 Å². The van der Waals surface area contributed by atoms with Crippen molar-refractivity contribution in [2.75, 3.05) is 0 Å². The summed E-state index contributed by atoms with van der Waals surface area (Å²) in [6, 6.07) is 7.23. The highest BCUT2D eigenvalue weighted by Crippen LogP contribution is 2.22. The first-order valence-corrected chi connectivity index (χ1v) is 6.48. The van der Waals surface area contributed by atoms with E-state index in [9.17, 15) is 9.59 Å². The number of rotatable bonds is 2. The molecule has 1 aromatic carbocycles. The van der Waals surface area contributed by atoms with Gasteiger partial charge in [-0.3, -0.25) is 9.59 Å². The van der Waals surface area contributed by atoms with E-state index in [-0.39, 0.29) is 5.41 Å². The minimum atomic E-state index is -0.559. The van der Waals surface area contributed by atoms with Crippen LogP contribution in [0.3, 0.4) is 0 Å². The molecule has 0 heterocycles. The number of benzene rings is 1. The third-order valence-corrected chi connectivity index (χ3v) is 2.71. The third kappa shape index (κ3) is 4.51. The van der Waals surface area contributed by atoms with Gasteiger partial charge in [0.15, 0.2) is 0 Å². The molecule has 1 N–H and O–H groups in total. The summed E-state index contributed by atoms with van der Waals surface area (Å²) in [5, 5.41) is 2.67. The molecule has 0 bridgehead atoms. The van der Waals surface area contributed by atoms with Gasteiger partial charge in [-0.2, -0.15) is 0 Å². The van der Waals surface area contributed by atoms with Crippen molar-refractivity contribution in [1.29, 1.82) is 0 Å². The van der Waals surface area contributed by atoms with E-state index in [2.05, 4.69) is 26.1 Å². The maximum absolute atomic E-state index is 12.0. The van der Waals surface area contributed by atoms with Crippen LogP contribution in [0.5, 0.6) is 0 Å². The minimum absolute atomic E-state index is 0.0370. The lowest BCUT2D eigenvalue weighted by Gasteiger charge is -2.20. The van der Waals surface area contributed by atoms with Crippen molar-refractivity contribution in [3.05, 3.63) is 35.4 Å². The Hall–Kier alpha value is -1.64.